The minimum absolute atomic E-state index is 0.0857. The highest BCUT2D eigenvalue weighted by Gasteiger charge is 2.60. The normalized spacial score (nSPS) is 28.1. The van der Waals surface area contributed by atoms with Crippen LogP contribution >= 0.6 is 0 Å². The molecule has 0 unspecified atom stereocenters. The van der Waals surface area contributed by atoms with E-state index in [0.717, 1.165) is 12.0 Å². The molecule has 1 aliphatic rings. The largest absolute Gasteiger partial charge is 0.508 e. The molecule has 20 heavy (non-hydrogen) atoms. The number of rotatable bonds is 6. The fraction of sp³-hybridized carbons (Fsp3) is 0.625. The van der Waals surface area contributed by atoms with Crippen LogP contribution in [0.15, 0.2) is 24.3 Å². The van der Waals surface area contributed by atoms with Gasteiger partial charge in [-0.25, -0.2) is 0 Å². The van der Waals surface area contributed by atoms with Gasteiger partial charge in [0.1, 0.15) is 5.75 Å². The molecule has 1 aliphatic carbocycles. The van der Waals surface area contributed by atoms with Crippen molar-refractivity contribution in [2.45, 2.75) is 45.4 Å². The van der Waals surface area contributed by atoms with Gasteiger partial charge in [0.25, 0.3) is 0 Å². The molecule has 1 saturated carbocycles. The van der Waals surface area contributed by atoms with Crippen molar-refractivity contribution in [3.63, 3.8) is 0 Å². The summed E-state index contributed by atoms with van der Waals surface area (Å²) in [6, 6.07) is 7.18. The van der Waals surface area contributed by atoms with Crippen LogP contribution in [0.4, 0.5) is 0 Å². The number of hydrogen-bond acceptors (Lipinski definition) is 4. The van der Waals surface area contributed by atoms with Crippen molar-refractivity contribution < 1.29 is 14.9 Å². The lowest BCUT2D eigenvalue weighted by atomic mass is 9.54. The van der Waals surface area contributed by atoms with E-state index in [1.807, 2.05) is 19.1 Å². The van der Waals surface area contributed by atoms with Crippen LogP contribution in [0, 0.1) is 5.41 Å². The first-order valence-electron chi connectivity index (χ1n) is 7.20. The number of aromatic hydroxyl groups is 1. The van der Waals surface area contributed by atoms with Crippen molar-refractivity contribution in [1.82, 2.24) is 5.32 Å². The first-order valence-corrected chi connectivity index (χ1v) is 7.20. The molecule has 0 amide bonds. The minimum Gasteiger partial charge on any atom is -0.508 e. The standard InChI is InChI=1S/C16H25NO3/c1-4-20-14-9-16(11-18,15(14,2)3)17-10-12-6-5-7-13(19)8-12/h5-8,14,17-19H,4,9-11H2,1-3H3/t14-,16+/m1/s1. The summed E-state index contributed by atoms with van der Waals surface area (Å²) in [5.41, 5.74) is 0.570. The maximum Gasteiger partial charge on any atom is 0.115 e. The second-order valence-electron chi connectivity index (χ2n) is 6.13. The summed E-state index contributed by atoms with van der Waals surface area (Å²) in [5, 5.41) is 22.8. The summed E-state index contributed by atoms with van der Waals surface area (Å²) in [4.78, 5) is 0. The van der Waals surface area contributed by atoms with E-state index in [2.05, 4.69) is 19.2 Å². The molecule has 0 heterocycles. The molecule has 4 heteroatoms. The van der Waals surface area contributed by atoms with Crippen LogP contribution < -0.4 is 5.32 Å². The summed E-state index contributed by atoms with van der Waals surface area (Å²) in [5.74, 6) is 0.266. The smallest absolute Gasteiger partial charge is 0.115 e. The average molecular weight is 279 g/mol. The Bertz CT molecular complexity index is 461. The van der Waals surface area contributed by atoms with Crippen molar-refractivity contribution in [2.75, 3.05) is 13.2 Å². The van der Waals surface area contributed by atoms with E-state index >= 15 is 0 Å². The number of phenolic OH excluding ortho intramolecular Hbond substituents is 1. The first kappa shape index (κ1) is 15.3. The first-order chi connectivity index (χ1) is 9.45. The van der Waals surface area contributed by atoms with Crippen LogP contribution in [-0.4, -0.2) is 35.1 Å². The lowest BCUT2D eigenvalue weighted by molar-refractivity contribution is -0.177. The quantitative estimate of drug-likeness (QED) is 0.746. The van der Waals surface area contributed by atoms with E-state index in [1.54, 1.807) is 12.1 Å². The zero-order valence-electron chi connectivity index (χ0n) is 12.5. The number of hydrogen-bond donors (Lipinski definition) is 3. The van der Waals surface area contributed by atoms with Gasteiger partial charge in [0, 0.05) is 18.6 Å². The van der Waals surface area contributed by atoms with Gasteiger partial charge in [-0.1, -0.05) is 26.0 Å². The van der Waals surface area contributed by atoms with Crippen LogP contribution in [0.3, 0.4) is 0 Å². The zero-order valence-corrected chi connectivity index (χ0v) is 12.5. The Balaban J connectivity index is 2.03. The molecular formula is C16H25NO3. The predicted molar refractivity (Wildman–Crippen MR) is 78.6 cm³/mol. The fourth-order valence-electron chi connectivity index (χ4n) is 3.04. The third-order valence-electron chi connectivity index (χ3n) is 4.75. The van der Waals surface area contributed by atoms with Gasteiger partial charge in [-0.3, -0.25) is 0 Å². The number of aliphatic hydroxyl groups excluding tert-OH is 1. The second-order valence-corrected chi connectivity index (χ2v) is 6.13. The third-order valence-corrected chi connectivity index (χ3v) is 4.75. The summed E-state index contributed by atoms with van der Waals surface area (Å²) >= 11 is 0. The molecule has 0 radical (unpaired) electrons. The molecule has 0 saturated heterocycles. The summed E-state index contributed by atoms with van der Waals surface area (Å²) in [7, 11) is 0. The molecule has 112 valence electrons. The molecule has 2 atom stereocenters. The molecule has 1 fully saturated rings. The van der Waals surface area contributed by atoms with Gasteiger partial charge < -0.3 is 20.3 Å². The molecular weight excluding hydrogens is 254 g/mol. The van der Waals surface area contributed by atoms with Crippen LogP contribution in [0.25, 0.3) is 0 Å². The lowest BCUT2D eigenvalue weighted by Gasteiger charge is -2.60. The molecule has 0 aromatic heterocycles. The van der Waals surface area contributed by atoms with E-state index in [-0.39, 0.29) is 29.4 Å². The zero-order chi connectivity index (χ0) is 14.8. The molecule has 0 spiro atoms. The van der Waals surface area contributed by atoms with E-state index in [0.29, 0.717) is 13.2 Å². The number of ether oxygens (including phenoxy) is 1. The Morgan fingerprint density at radius 3 is 2.70 bits per heavy atom. The Morgan fingerprint density at radius 2 is 2.15 bits per heavy atom. The van der Waals surface area contributed by atoms with Gasteiger partial charge in [-0.05, 0) is 31.0 Å². The van der Waals surface area contributed by atoms with Crippen molar-refractivity contribution in [2.24, 2.45) is 5.41 Å². The van der Waals surface area contributed by atoms with Crippen LogP contribution in [0.2, 0.25) is 0 Å². The van der Waals surface area contributed by atoms with Crippen molar-refractivity contribution in [1.29, 1.82) is 0 Å². The van der Waals surface area contributed by atoms with Crippen molar-refractivity contribution in [3.05, 3.63) is 29.8 Å². The maximum absolute atomic E-state index is 9.82. The summed E-state index contributed by atoms with van der Waals surface area (Å²) < 4.78 is 5.73. The monoisotopic (exact) mass is 279 g/mol. The fourth-order valence-corrected chi connectivity index (χ4v) is 3.04. The van der Waals surface area contributed by atoms with Gasteiger partial charge in [-0.2, -0.15) is 0 Å². The molecule has 1 aromatic rings. The van der Waals surface area contributed by atoms with Gasteiger partial charge in [0.15, 0.2) is 0 Å². The topological polar surface area (TPSA) is 61.7 Å². The van der Waals surface area contributed by atoms with Crippen molar-refractivity contribution >= 4 is 0 Å². The van der Waals surface area contributed by atoms with E-state index in [9.17, 15) is 10.2 Å². The minimum atomic E-state index is -0.321. The highest BCUT2D eigenvalue weighted by molar-refractivity contribution is 5.27. The highest BCUT2D eigenvalue weighted by atomic mass is 16.5. The number of nitrogens with one attached hydrogen (secondary N) is 1. The molecule has 3 N–H and O–H groups in total. The third kappa shape index (κ3) is 2.55. The Morgan fingerprint density at radius 1 is 1.40 bits per heavy atom. The average Bonchev–Trinajstić information content (AvgIpc) is 2.42. The molecule has 4 nitrogen and oxygen atoms in total. The van der Waals surface area contributed by atoms with Crippen LogP contribution in [0.5, 0.6) is 5.75 Å². The van der Waals surface area contributed by atoms with Gasteiger partial charge in [-0.15, -0.1) is 0 Å². The van der Waals surface area contributed by atoms with Crippen molar-refractivity contribution in [3.8, 4) is 5.75 Å². The van der Waals surface area contributed by atoms with Crippen LogP contribution in [-0.2, 0) is 11.3 Å². The Hall–Kier alpha value is -1.10. The summed E-state index contributed by atoms with van der Waals surface area (Å²) in [6.45, 7) is 7.65. The molecule has 2 rings (SSSR count). The van der Waals surface area contributed by atoms with Gasteiger partial charge >= 0.3 is 0 Å². The van der Waals surface area contributed by atoms with E-state index in [1.165, 1.54) is 0 Å². The van der Waals surface area contributed by atoms with E-state index in [4.69, 9.17) is 4.74 Å². The number of benzene rings is 1. The van der Waals surface area contributed by atoms with Gasteiger partial charge in [0.2, 0.25) is 0 Å². The predicted octanol–water partition coefficient (Wildman–Crippen LogP) is 2.05. The SMILES string of the molecule is CCO[C@@H]1C[C@@](CO)(NCc2cccc(O)c2)C1(C)C. The lowest BCUT2D eigenvalue weighted by Crippen LogP contribution is -2.73. The van der Waals surface area contributed by atoms with E-state index < -0.39 is 0 Å². The maximum atomic E-state index is 9.82. The molecule has 0 aliphatic heterocycles. The highest BCUT2D eigenvalue weighted by Crippen LogP contribution is 2.51. The molecule has 1 aromatic carbocycles. The van der Waals surface area contributed by atoms with Gasteiger partial charge in [0.05, 0.1) is 18.2 Å². The Labute approximate surface area is 120 Å². The Kier molecular flexibility index (Phi) is 4.37. The summed E-state index contributed by atoms with van der Waals surface area (Å²) in [6.07, 6.45) is 0.986. The van der Waals surface area contributed by atoms with Crippen LogP contribution in [0.1, 0.15) is 32.8 Å². The second kappa shape index (κ2) is 5.72. The molecule has 0 bridgehead atoms. The number of phenols is 1. The number of aliphatic hydroxyl groups is 1.